The van der Waals surface area contributed by atoms with E-state index in [0.29, 0.717) is 23.2 Å². The summed E-state index contributed by atoms with van der Waals surface area (Å²) in [6.07, 6.45) is 0. The Kier molecular flexibility index (Phi) is 3.26. The maximum atomic E-state index is 11.0. The molecular weight excluding hydrogens is 294 g/mol. The predicted molar refractivity (Wildman–Crippen MR) is 75.1 cm³/mol. The SMILES string of the molecule is Cc1nn(Cc2nnc(-c3cccs3)o2)c(C)c1[N+](=O)[O-]. The summed E-state index contributed by atoms with van der Waals surface area (Å²) >= 11 is 1.50. The molecule has 0 atom stereocenters. The van der Waals surface area contributed by atoms with Crippen LogP contribution in [-0.4, -0.2) is 24.9 Å². The minimum atomic E-state index is -0.431. The minimum Gasteiger partial charge on any atom is -0.418 e. The highest BCUT2D eigenvalue weighted by molar-refractivity contribution is 7.13. The van der Waals surface area contributed by atoms with Crippen LogP contribution in [0.5, 0.6) is 0 Å². The Morgan fingerprint density at radius 2 is 2.24 bits per heavy atom. The van der Waals surface area contributed by atoms with Crippen LogP contribution in [-0.2, 0) is 6.54 Å². The molecule has 3 heterocycles. The predicted octanol–water partition coefficient (Wildman–Crippen LogP) is 2.57. The first-order valence-electron chi connectivity index (χ1n) is 6.11. The van der Waals surface area contributed by atoms with Gasteiger partial charge in [-0.25, -0.2) is 0 Å². The molecule has 0 spiro atoms. The Balaban J connectivity index is 1.88. The molecule has 0 N–H and O–H groups in total. The molecule has 0 unspecified atom stereocenters. The van der Waals surface area contributed by atoms with Crippen LogP contribution in [0.25, 0.3) is 10.8 Å². The van der Waals surface area contributed by atoms with E-state index >= 15 is 0 Å². The molecule has 8 nitrogen and oxygen atoms in total. The first kappa shape index (κ1) is 13.4. The molecule has 0 amide bonds. The van der Waals surface area contributed by atoms with Crippen molar-refractivity contribution in [3.05, 3.63) is 44.9 Å². The quantitative estimate of drug-likeness (QED) is 0.542. The van der Waals surface area contributed by atoms with Crippen LogP contribution < -0.4 is 0 Å². The molecule has 3 aromatic rings. The summed E-state index contributed by atoms with van der Waals surface area (Å²) < 4.78 is 7.05. The molecule has 0 fully saturated rings. The van der Waals surface area contributed by atoms with Gasteiger partial charge in [0.15, 0.2) is 0 Å². The highest BCUT2D eigenvalue weighted by Gasteiger charge is 2.22. The molecule has 0 saturated carbocycles. The smallest absolute Gasteiger partial charge is 0.312 e. The molecule has 108 valence electrons. The van der Waals surface area contributed by atoms with E-state index in [0.717, 1.165) is 4.88 Å². The lowest BCUT2D eigenvalue weighted by atomic mass is 10.3. The fraction of sp³-hybridized carbons (Fsp3) is 0.250. The van der Waals surface area contributed by atoms with Crippen molar-refractivity contribution in [2.45, 2.75) is 20.4 Å². The zero-order valence-electron chi connectivity index (χ0n) is 11.3. The van der Waals surface area contributed by atoms with Gasteiger partial charge >= 0.3 is 5.69 Å². The van der Waals surface area contributed by atoms with Gasteiger partial charge in [0.25, 0.3) is 5.89 Å². The summed E-state index contributed by atoms with van der Waals surface area (Å²) in [6.45, 7) is 3.46. The van der Waals surface area contributed by atoms with Crippen molar-refractivity contribution in [3.63, 3.8) is 0 Å². The average Bonchev–Trinajstić information content (AvgIpc) is 3.11. The van der Waals surface area contributed by atoms with Gasteiger partial charge in [-0.2, -0.15) is 5.10 Å². The van der Waals surface area contributed by atoms with Gasteiger partial charge in [-0.05, 0) is 25.3 Å². The Hall–Kier alpha value is -2.55. The molecule has 0 saturated heterocycles. The van der Waals surface area contributed by atoms with E-state index in [2.05, 4.69) is 15.3 Å². The number of aromatic nitrogens is 4. The van der Waals surface area contributed by atoms with Gasteiger partial charge < -0.3 is 4.42 Å². The van der Waals surface area contributed by atoms with E-state index in [4.69, 9.17) is 4.42 Å². The summed E-state index contributed by atoms with van der Waals surface area (Å²) in [5, 5.41) is 25.0. The van der Waals surface area contributed by atoms with Gasteiger partial charge in [0.2, 0.25) is 5.89 Å². The van der Waals surface area contributed by atoms with Gasteiger partial charge in [0.1, 0.15) is 17.9 Å². The molecule has 0 aliphatic rings. The summed E-state index contributed by atoms with van der Waals surface area (Å²) in [7, 11) is 0. The number of nitrogens with zero attached hydrogens (tertiary/aromatic N) is 5. The van der Waals surface area contributed by atoms with Crippen molar-refractivity contribution in [2.24, 2.45) is 0 Å². The standard InChI is InChI=1S/C12H11N5O3S/c1-7-11(17(18)19)8(2)16(15-7)6-10-13-14-12(20-10)9-4-3-5-21-9/h3-5H,6H2,1-2H3. The van der Waals surface area contributed by atoms with E-state index in [1.165, 1.54) is 16.0 Å². The van der Waals surface area contributed by atoms with E-state index in [1.54, 1.807) is 13.8 Å². The number of hydrogen-bond acceptors (Lipinski definition) is 7. The van der Waals surface area contributed by atoms with Crippen LogP contribution in [0.15, 0.2) is 21.9 Å². The molecule has 0 bridgehead atoms. The van der Waals surface area contributed by atoms with Gasteiger partial charge in [-0.3, -0.25) is 14.8 Å². The van der Waals surface area contributed by atoms with E-state index in [-0.39, 0.29) is 12.2 Å². The molecule has 0 aromatic carbocycles. The molecule has 3 rings (SSSR count). The lowest BCUT2D eigenvalue weighted by Crippen LogP contribution is -2.04. The topological polar surface area (TPSA) is 99.9 Å². The second-order valence-corrected chi connectivity index (χ2v) is 5.36. The second-order valence-electron chi connectivity index (χ2n) is 4.41. The largest absolute Gasteiger partial charge is 0.418 e. The van der Waals surface area contributed by atoms with Crippen molar-refractivity contribution in [1.29, 1.82) is 0 Å². The Labute approximate surface area is 123 Å². The zero-order chi connectivity index (χ0) is 15.0. The maximum absolute atomic E-state index is 11.0. The Morgan fingerprint density at radius 3 is 2.86 bits per heavy atom. The van der Waals surface area contributed by atoms with Crippen LogP contribution in [0.4, 0.5) is 5.69 Å². The number of thiophene rings is 1. The Bertz CT molecular complexity index is 790. The Morgan fingerprint density at radius 1 is 1.43 bits per heavy atom. The van der Waals surface area contributed by atoms with Crippen molar-refractivity contribution in [3.8, 4) is 10.8 Å². The summed E-state index contributed by atoms with van der Waals surface area (Å²) in [4.78, 5) is 11.4. The lowest BCUT2D eigenvalue weighted by molar-refractivity contribution is -0.386. The fourth-order valence-corrected chi connectivity index (χ4v) is 2.70. The molecule has 0 aliphatic heterocycles. The fourth-order valence-electron chi connectivity index (χ4n) is 2.05. The monoisotopic (exact) mass is 305 g/mol. The summed E-state index contributed by atoms with van der Waals surface area (Å²) in [5.74, 6) is 0.801. The minimum absolute atomic E-state index is 0.0213. The van der Waals surface area contributed by atoms with E-state index in [9.17, 15) is 10.1 Å². The van der Waals surface area contributed by atoms with E-state index < -0.39 is 4.92 Å². The molecule has 9 heteroatoms. The number of rotatable bonds is 4. The number of hydrogen-bond donors (Lipinski definition) is 0. The molecule has 3 aromatic heterocycles. The van der Waals surface area contributed by atoms with E-state index in [1.807, 2.05) is 17.5 Å². The van der Waals surface area contributed by atoms with Crippen LogP contribution >= 0.6 is 11.3 Å². The third-order valence-electron chi connectivity index (χ3n) is 3.01. The van der Waals surface area contributed by atoms with Crippen molar-refractivity contribution in [1.82, 2.24) is 20.0 Å². The highest BCUT2D eigenvalue weighted by atomic mass is 32.1. The van der Waals surface area contributed by atoms with Crippen LogP contribution in [0.3, 0.4) is 0 Å². The molecule has 0 radical (unpaired) electrons. The summed E-state index contributed by atoms with van der Waals surface area (Å²) in [6, 6.07) is 3.78. The number of aryl methyl sites for hydroxylation is 1. The first-order chi connectivity index (χ1) is 10.1. The average molecular weight is 305 g/mol. The van der Waals surface area contributed by atoms with Crippen LogP contribution in [0, 0.1) is 24.0 Å². The third kappa shape index (κ3) is 2.42. The zero-order valence-corrected chi connectivity index (χ0v) is 12.1. The van der Waals surface area contributed by atoms with Gasteiger partial charge in [0, 0.05) is 0 Å². The van der Waals surface area contributed by atoms with Crippen LogP contribution in [0.1, 0.15) is 17.3 Å². The molecule has 21 heavy (non-hydrogen) atoms. The summed E-state index contributed by atoms with van der Waals surface area (Å²) in [5.41, 5.74) is 0.858. The van der Waals surface area contributed by atoms with Gasteiger partial charge in [-0.1, -0.05) is 6.07 Å². The normalized spacial score (nSPS) is 11.0. The van der Waals surface area contributed by atoms with Gasteiger partial charge in [-0.15, -0.1) is 21.5 Å². The molecule has 0 aliphatic carbocycles. The highest BCUT2D eigenvalue weighted by Crippen LogP contribution is 2.25. The van der Waals surface area contributed by atoms with Gasteiger partial charge in [0.05, 0.1) is 9.80 Å². The van der Waals surface area contributed by atoms with Crippen molar-refractivity contribution >= 4 is 17.0 Å². The second kappa shape index (κ2) is 5.09. The van der Waals surface area contributed by atoms with Crippen molar-refractivity contribution < 1.29 is 9.34 Å². The first-order valence-corrected chi connectivity index (χ1v) is 6.99. The number of nitro groups is 1. The van der Waals surface area contributed by atoms with Crippen LogP contribution in [0.2, 0.25) is 0 Å². The lowest BCUT2D eigenvalue weighted by Gasteiger charge is -1.98. The molecular formula is C12H11N5O3S. The maximum Gasteiger partial charge on any atom is 0.312 e. The third-order valence-corrected chi connectivity index (χ3v) is 3.87. The van der Waals surface area contributed by atoms with Crippen molar-refractivity contribution in [2.75, 3.05) is 0 Å².